The Kier molecular flexibility index (Phi) is 49.0. The van der Waals surface area contributed by atoms with E-state index in [9.17, 15) is 9.59 Å². The Morgan fingerprint density at radius 1 is 0.371 bits per heavy atom. The van der Waals surface area contributed by atoms with Gasteiger partial charge in [-0.2, -0.15) is 0 Å². The lowest BCUT2D eigenvalue weighted by atomic mass is 10.1. The van der Waals surface area contributed by atoms with Crippen molar-refractivity contribution < 1.29 is 23.8 Å². The second-order valence-electron chi connectivity index (χ2n) is 16.3. The van der Waals surface area contributed by atoms with Crippen molar-refractivity contribution in [2.45, 2.75) is 219 Å². The van der Waals surface area contributed by atoms with E-state index in [1.165, 1.54) is 51.4 Å². The number of unbranched alkanes of at least 4 members (excludes halogenated alkanes) is 16. The van der Waals surface area contributed by atoms with Gasteiger partial charge in [0.2, 0.25) is 0 Å². The molecule has 0 aromatic rings. The van der Waals surface area contributed by atoms with Crippen LogP contribution >= 0.6 is 0 Å². The van der Waals surface area contributed by atoms with Gasteiger partial charge in [-0.15, -0.1) is 0 Å². The highest BCUT2D eigenvalue weighted by Crippen LogP contribution is 2.13. The fourth-order valence-electron chi connectivity index (χ4n) is 6.55. The lowest BCUT2D eigenvalue weighted by Gasteiger charge is -2.18. The van der Waals surface area contributed by atoms with Crippen LogP contribution in [-0.4, -0.2) is 37.9 Å². The average molecular weight is 859 g/mol. The Labute approximate surface area is 383 Å². The van der Waals surface area contributed by atoms with Crippen LogP contribution in [0.4, 0.5) is 0 Å². The lowest BCUT2D eigenvalue weighted by Crippen LogP contribution is -2.30. The first kappa shape index (κ1) is 58.6. The average Bonchev–Trinajstić information content (AvgIpc) is 3.27. The Morgan fingerprint density at radius 3 is 1.16 bits per heavy atom. The summed E-state index contributed by atoms with van der Waals surface area (Å²) < 4.78 is 17.3. The van der Waals surface area contributed by atoms with E-state index in [4.69, 9.17) is 14.2 Å². The van der Waals surface area contributed by atoms with Gasteiger partial charge in [0.1, 0.15) is 6.61 Å². The zero-order chi connectivity index (χ0) is 44.9. The molecule has 0 aliphatic rings. The molecule has 0 spiro atoms. The van der Waals surface area contributed by atoms with E-state index >= 15 is 0 Å². The van der Waals surface area contributed by atoms with Crippen molar-refractivity contribution in [2.75, 3.05) is 19.8 Å². The smallest absolute Gasteiger partial charge is 0.306 e. The maximum Gasteiger partial charge on any atom is 0.306 e. The zero-order valence-electron chi connectivity index (χ0n) is 40.3. The minimum atomic E-state index is -0.567. The first-order valence-corrected chi connectivity index (χ1v) is 25.4. The van der Waals surface area contributed by atoms with Gasteiger partial charge in [0.25, 0.3) is 0 Å². The van der Waals surface area contributed by atoms with Crippen LogP contribution in [0.1, 0.15) is 213 Å². The highest BCUT2D eigenvalue weighted by molar-refractivity contribution is 5.70. The molecule has 0 rings (SSSR count). The summed E-state index contributed by atoms with van der Waals surface area (Å²) in [7, 11) is 0. The first-order valence-electron chi connectivity index (χ1n) is 25.4. The summed E-state index contributed by atoms with van der Waals surface area (Å²) in [6.07, 6.45) is 70.9. The summed E-state index contributed by atoms with van der Waals surface area (Å²) in [5.74, 6) is -0.449. The molecule has 0 radical (unpaired) electrons. The third-order valence-electron chi connectivity index (χ3n) is 10.3. The minimum Gasteiger partial charge on any atom is -0.462 e. The summed E-state index contributed by atoms with van der Waals surface area (Å²) in [5.41, 5.74) is 0. The predicted molar refractivity (Wildman–Crippen MR) is 269 cm³/mol. The second-order valence-corrected chi connectivity index (χ2v) is 16.3. The second kappa shape index (κ2) is 51.9. The monoisotopic (exact) mass is 859 g/mol. The maximum absolute atomic E-state index is 12.8. The summed E-state index contributed by atoms with van der Waals surface area (Å²) >= 11 is 0. The van der Waals surface area contributed by atoms with Gasteiger partial charge in [-0.25, -0.2) is 0 Å². The van der Waals surface area contributed by atoms with Gasteiger partial charge < -0.3 is 14.2 Å². The molecular weight excluding hydrogens is 765 g/mol. The van der Waals surface area contributed by atoms with Crippen molar-refractivity contribution in [1.29, 1.82) is 0 Å². The topological polar surface area (TPSA) is 61.8 Å². The molecule has 0 aliphatic carbocycles. The van der Waals surface area contributed by atoms with Crippen molar-refractivity contribution in [3.05, 3.63) is 109 Å². The molecule has 62 heavy (non-hydrogen) atoms. The summed E-state index contributed by atoms with van der Waals surface area (Å²) in [6, 6.07) is 0. The van der Waals surface area contributed by atoms with Gasteiger partial charge in [-0.05, 0) is 116 Å². The molecule has 0 aromatic heterocycles. The van der Waals surface area contributed by atoms with Crippen LogP contribution in [0.15, 0.2) is 109 Å². The zero-order valence-corrected chi connectivity index (χ0v) is 40.3. The van der Waals surface area contributed by atoms with Crippen LogP contribution in [0.2, 0.25) is 0 Å². The van der Waals surface area contributed by atoms with Gasteiger partial charge >= 0.3 is 11.9 Å². The van der Waals surface area contributed by atoms with Crippen LogP contribution in [-0.2, 0) is 23.8 Å². The lowest BCUT2D eigenvalue weighted by molar-refractivity contribution is -0.163. The maximum atomic E-state index is 12.8. The minimum absolute atomic E-state index is 0.0563. The van der Waals surface area contributed by atoms with Crippen LogP contribution < -0.4 is 0 Å². The molecule has 0 amide bonds. The number of hydrogen-bond acceptors (Lipinski definition) is 5. The predicted octanol–water partition coefficient (Wildman–Crippen LogP) is 17.2. The molecule has 1 atom stereocenters. The van der Waals surface area contributed by atoms with Crippen molar-refractivity contribution >= 4 is 11.9 Å². The Hall–Kier alpha value is -3.44. The number of hydrogen-bond donors (Lipinski definition) is 0. The fraction of sp³-hybridized carbons (Fsp3) is 0.649. The van der Waals surface area contributed by atoms with Crippen LogP contribution in [0.3, 0.4) is 0 Å². The van der Waals surface area contributed by atoms with Crippen LogP contribution in [0.5, 0.6) is 0 Å². The van der Waals surface area contributed by atoms with Gasteiger partial charge in [0.15, 0.2) is 6.10 Å². The largest absolute Gasteiger partial charge is 0.462 e. The fourth-order valence-corrected chi connectivity index (χ4v) is 6.55. The van der Waals surface area contributed by atoms with E-state index in [-0.39, 0.29) is 25.2 Å². The normalized spacial score (nSPS) is 13.1. The quantitative estimate of drug-likeness (QED) is 0.0347. The molecule has 352 valence electrons. The Balaban J connectivity index is 4.35. The van der Waals surface area contributed by atoms with E-state index in [1.54, 1.807) is 0 Å². The van der Waals surface area contributed by atoms with E-state index in [2.05, 4.69) is 130 Å². The van der Waals surface area contributed by atoms with E-state index in [1.807, 2.05) is 0 Å². The number of carbonyl (C=O) groups is 2. The first-order chi connectivity index (χ1) is 30.6. The molecule has 0 saturated heterocycles. The van der Waals surface area contributed by atoms with E-state index in [0.29, 0.717) is 19.4 Å². The number of rotatable bonds is 45. The molecule has 0 saturated carbocycles. The third-order valence-corrected chi connectivity index (χ3v) is 10.3. The summed E-state index contributed by atoms with van der Waals surface area (Å²) in [4.78, 5) is 25.4. The van der Waals surface area contributed by atoms with Crippen LogP contribution in [0.25, 0.3) is 0 Å². The Bertz CT molecular complexity index is 1250. The van der Waals surface area contributed by atoms with Gasteiger partial charge in [-0.3, -0.25) is 9.59 Å². The van der Waals surface area contributed by atoms with E-state index in [0.717, 1.165) is 128 Å². The molecule has 5 nitrogen and oxygen atoms in total. The third kappa shape index (κ3) is 49.2. The molecule has 1 unspecified atom stereocenters. The van der Waals surface area contributed by atoms with E-state index < -0.39 is 6.10 Å². The highest BCUT2D eigenvalue weighted by Gasteiger charge is 2.17. The van der Waals surface area contributed by atoms with Crippen molar-refractivity contribution in [3.63, 3.8) is 0 Å². The van der Waals surface area contributed by atoms with Crippen LogP contribution in [0, 0.1) is 0 Å². The Morgan fingerprint density at radius 2 is 0.726 bits per heavy atom. The van der Waals surface area contributed by atoms with Gasteiger partial charge in [-0.1, -0.05) is 194 Å². The summed E-state index contributed by atoms with van der Waals surface area (Å²) in [5, 5.41) is 0. The van der Waals surface area contributed by atoms with Crippen molar-refractivity contribution in [1.82, 2.24) is 0 Å². The molecule has 5 heteroatoms. The SMILES string of the molecule is CC/C=C\C/C=C\C/C=C\C/C=C\CCCCCCCCC(=O)OCC(COCCCCCC/C=C\C/C=C\C/C=C\CC)OC(=O)CCCCCCC/C=C\C/C=C\CCC. The molecular formula is C57H94O5. The van der Waals surface area contributed by atoms with Crippen molar-refractivity contribution in [2.24, 2.45) is 0 Å². The molecule has 0 bridgehead atoms. The molecule has 0 aliphatic heterocycles. The molecule has 0 fully saturated rings. The van der Waals surface area contributed by atoms with Gasteiger partial charge in [0, 0.05) is 19.4 Å². The molecule has 0 N–H and O–H groups in total. The number of esters is 2. The number of carbonyl (C=O) groups excluding carboxylic acids is 2. The standard InChI is InChI=1S/C57H94O5/c1-4-7-10-13-16-19-22-25-27-28-29-30-31-33-35-38-41-44-47-50-56(58)61-54-55(53-60-52-49-46-43-40-37-34-26-23-20-17-14-11-8-5-2)62-57(59)51-48-45-42-39-36-32-24-21-18-15-12-9-6-3/h7-8,10-12,15-17,19-21,24-27,29-30,34,55H,4-6,9,13-14,18,22-23,28,31-33,35-54H2,1-3H3/b10-7-,11-8-,15-12-,19-16-,20-17-,24-21-,27-25-,30-29-,34-26-. The summed E-state index contributed by atoms with van der Waals surface area (Å²) in [6.45, 7) is 7.45. The molecule has 0 aromatic carbocycles. The van der Waals surface area contributed by atoms with Gasteiger partial charge in [0.05, 0.1) is 6.61 Å². The molecule has 0 heterocycles. The highest BCUT2D eigenvalue weighted by atomic mass is 16.6. The number of ether oxygens (including phenoxy) is 3. The number of allylic oxidation sites excluding steroid dienone is 18. The van der Waals surface area contributed by atoms with Crippen molar-refractivity contribution in [3.8, 4) is 0 Å².